The molecule has 0 spiro atoms. The van der Waals surface area contributed by atoms with E-state index in [1.165, 1.54) is 0 Å². The Balaban J connectivity index is 1.21. The van der Waals surface area contributed by atoms with Crippen molar-refractivity contribution in [1.29, 1.82) is 5.41 Å². The second kappa shape index (κ2) is 13.4. The molecule has 0 fully saturated rings. The van der Waals surface area contributed by atoms with Gasteiger partial charge in [-0.2, -0.15) is 5.10 Å². The Hall–Kier alpha value is -7.57. The molecule has 1 aliphatic rings. The van der Waals surface area contributed by atoms with Crippen molar-refractivity contribution in [2.75, 3.05) is 5.43 Å². The van der Waals surface area contributed by atoms with Crippen LogP contribution >= 0.6 is 0 Å². The molecule has 0 radical (unpaired) electrons. The average molecular weight is 705 g/mol. The molecule has 9 aromatic rings. The van der Waals surface area contributed by atoms with Gasteiger partial charge in [-0.05, 0) is 48.0 Å². The first-order valence-corrected chi connectivity index (χ1v) is 18.2. The van der Waals surface area contributed by atoms with Gasteiger partial charge in [0, 0.05) is 49.5 Å². The van der Waals surface area contributed by atoms with Gasteiger partial charge in [0.05, 0.1) is 45.0 Å². The lowest BCUT2D eigenvalue weighted by atomic mass is 9.82. The van der Waals surface area contributed by atoms with Gasteiger partial charge in [0.15, 0.2) is 0 Å². The van der Waals surface area contributed by atoms with Crippen LogP contribution in [0.3, 0.4) is 0 Å². The summed E-state index contributed by atoms with van der Waals surface area (Å²) >= 11 is 0. The third kappa shape index (κ3) is 5.83. The fourth-order valence-electron chi connectivity index (χ4n) is 7.41. The van der Waals surface area contributed by atoms with Gasteiger partial charge in [0.25, 0.3) is 0 Å². The predicted molar refractivity (Wildman–Crippen MR) is 227 cm³/mol. The summed E-state index contributed by atoms with van der Waals surface area (Å²) in [5.41, 5.74) is 16.5. The fourth-order valence-corrected chi connectivity index (χ4v) is 7.41. The number of benzene rings is 6. The Bertz CT molecular complexity index is 2990. The molecule has 1 aliphatic carbocycles. The molecule has 2 N–H and O–H groups in total. The molecule has 0 atom stereocenters. The number of nitrogens with zero attached hydrogens (tertiary/aromatic N) is 4. The Morgan fingerprint density at radius 3 is 1.67 bits per heavy atom. The summed E-state index contributed by atoms with van der Waals surface area (Å²) in [4.78, 5) is 15.7. The molecule has 6 nitrogen and oxygen atoms in total. The molecule has 6 aromatic carbocycles. The van der Waals surface area contributed by atoms with Crippen LogP contribution in [0.5, 0.6) is 0 Å². The van der Waals surface area contributed by atoms with Gasteiger partial charge in [0.2, 0.25) is 0 Å². The third-order valence-electron chi connectivity index (χ3n) is 10.1. The van der Waals surface area contributed by atoms with Crippen molar-refractivity contribution < 1.29 is 0 Å². The molecule has 0 aliphatic heterocycles. The highest BCUT2D eigenvalue weighted by Gasteiger charge is 2.29. The van der Waals surface area contributed by atoms with Crippen molar-refractivity contribution in [3.63, 3.8) is 0 Å². The molecule has 6 heteroatoms. The van der Waals surface area contributed by atoms with Crippen molar-refractivity contribution in [1.82, 2.24) is 15.0 Å². The average Bonchev–Trinajstić information content (AvgIpc) is 3.26. The predicted octanol–water partition coefficient (Wildman–Crippen LogP) is 11.7. The van der Waals surface area contributed by atoms with Crippen LogP contribution in [0.4, 0.5) is 5.69 Å². The van der Waals surface area contributed by atoms with E-state index in [1.807, 2.05) is 97.1 Å². The van der Waals surface area contributed by atoms with Gasteiger partial charge in [-0.3, -0.25) is 10.8 Å². The molecule has 0 saturated heterocycles. The zero-order valence-electron chi connectivity index (χ0n) is 29.6. The van der Waals surface area contributed by atoms with E-state index in [1.54, 1.807) is 0 Å². The number of fused-ring (bicyclic) bond motifs is 6. The van der Waals surface area contributed by atoms with Crippen molar-refractivity contribution in [2.45, 2.75) is 0 Å². The lowest BCUT2D eigenvalue weighted by Gasteiger charge is -2.24. The maximum atomic E-state index is 9.67. The van der Waals surface area contributed by atoms with Gasteiger partial charge in [-0.15, -0.1) is 0 Å². The van der Waals surface area contributed by atoms with E-state index in [0.717, 1.165) is 94.4 Å². The SMILES string of the molecule is N=C1C(c2ccccc2)=Cc2c(-c3ccccc3)nc3ccc(-c4ccc5ccc6ccc(-c7ccccc7)nc6c5n4)cc3c2/C1=N/Nc1ccccc1. The quantitative estimate of drug-likeness (QED) is 0.133. The van der Waals surface area contributed by atoms with Crippen LogP contribution in [0.15, 0.2) is 181 Å². The molecule has 55 heavy (non-hydrogen) atoms. The molecule has 0 saturated carbocycles. The maximum Gasteiger partial charge on any atom is 0.117 e. The fraction of sp³-hybridized carbons (Fsp3) is 0. The number of rotatable bonds is 6. The molecule has 258 valence electrons. The van der Waals surface area contributed by atoms with Crippen LogP contribution in [0.2, 0.25) is 0 Å². The third-order valence-corrected chi connectivity index (χ3v) is 10.1. The summed E-state index contributed by atoms with van der Waals surface area (Å²) in [6.07, 6.45) is 2.10. The van der Waals surface area contributed by atoms with Crippen LogP contribution in [0.25, 0.3) is 78.1 Å². The highest BCUT2D eigenvalue weighted by molar-refractivity contribution is 6.65. The van der Waals surface area contributed by atoms with Gasteiger partial charge in [0.1, 0.15) is 5.71 Å². The molecule has 3 heterocycles. The number of aromatic nitrogens is 3. The van der Waals surface area contributed by atoms with E-state index < -0.39 is 0 Å². The number of nitrogens with one attached hydrogen (secondary N) is 2. The zero-order valence-corrected chi connectivity index (χ0v) is 29.6. The summed E-state index contributed by atoms with van der Waals surface area (Å²) in [6.45, 7) is 0. The van der Waals surface area contributed by atoms with E-state index in [2.05, 4.69) is 90.4 Å². The Labute approximate surface area is 317 Å². The summed E-state index contributed by atoms with van der Waals surface area (Å²) in [5.74, 6) is 0. The second-order valence-electron chi connectivity index (χ2n) is 13.6. The van der Waals surface area contributed by atoms with Gasteiger partial charge < -0.3 is 0 Å². The van der Waals surface area contributed by atoms with Gasteiger partial charge in [-0.25, -0.2) is 15.0 Å². The Morgan fingerprint density at radius 2 is 1.04 bits per heavy atom. The topological polar surface area (TPSA) is 86.9 Å². The number of anilines is 1. The first-order chi connectivity index (χ1) is 27.2. The molecular weight excluding hydrogens is 673 g/mol. The number of hydrazone groups is 1. The number of hydrogen-bond donors (Lipinski definition) is 2. The highest BCUT2D eigenvalue weighted by atomic mass is 15.3. The maximum absolute atomic E-state index is 9.67. The van der Waals surface area contributed by atoms with E-state index in [4.69, 9.17) is 20.1 Å². The summed E-state index contributed by atoms with van der Waals surface area (Å²) in [6, 6.07) is 59.2. The minimum absolute atomic E-state index is 0.328. The number of allylic oxidation sites excluding steroid dienone is 1. The monoisotopic (exact) mass is 704 g/mol. The second-order valence-corrected chi connectivity index (χ2v) is 13.6. The van der Waals surface area contributed by atoms with Crippen molar-refractivity contribution >= 4 is 61.5 Å². The summed E-state index contributed by atoms with van der Waals surface area (Å²) < 4.78 is 0. The van der Waals surface area contributed by atoms with Crippen molar-refractivity contribution in [2.24, 2.45) is 5.10 Å². The Morgan fingerprint density at radius 1 is 0.491 bits per heavy atom. The lowest BCUT2D eigenvalue weighted by molar-refractivity contribution is 1.32. The number of para-hydroxylation sites is 1. The van der Waals surface area contributed by atoms with Gasteiger partial charge >= 0.3 is 0 Å². The van der Waals surface area contributed by atoms with Gasteiger partial charge in [-0.1, -0.05) is 140 Å². The molecule has 0 unspecified atom stereocenters. The minimum atomic E-state index is 0.328. The van der Waals surface area contributed by atoms with Crippen molar-refractivity contribution in [3.8, 4) is 33.8 Å². The van der Waals surface area contributed by atoms with Crippen LogP contribution in [-0.2, 0) is 0 Å². The number of pyridine rings is 3. The highest BCUT2D eigenvalue weighted by Crippen LogP contribution is 2.40. The lowest BCUT2D eigenvalue weighted by Crippen LogP contribution is -2.24. The Kier molecular flexibility index (Phi) is 7.85. The standard InChI is InChI=1S/C49H32N6/c50-45-38(31-13-5-1-6-14-31)30-40-44(49(45)55-54-37-19-11-4-12-20-37)39-29-36(25-28-43(39)53-46(40)33-17-9-3-10-18-33)42-27-24-35-22-21-34-23-26-41(32-15-7-2-8-16-32)51-47(34)48(35)52-42/h1-30,50,54H/b50-45?,55-49-. The van der Waals surface area contributed by atoms with E-state index >= 15 is 0 Å². The van der Waals surface area contributed by atoms with Crippen LogP contribution in [0, 0.1) is 5.41 Å². The normalized spacial score (nSPS) is 13.3. The van der Waals surface area contributed by atoms with Crippen molar-refractivity contribution in [3.05, 3.63) is 193 Å². The molecule has 3 aromatic heterocycles. The largest absolute Gasteiger partial charge is 0.298 e. The van der Waals surface area contributed by atoms with E-state index in [-0.39, 0.29) is 0 Å². The molecule has 0 bridgehead atoms. The summed E-state index contributed by atoms with van der Waals surface area (Å²) in [5, 5.41) is 17.6. The zero-order chi connectivity index (χ0) is 36.7. The molecular formula is C49H32N6. The number of hydrogen-bond acceptors (Lipinski definition) is 6. The van der Waals surface area contributed by atoms with Crippen LogP contribution in [-0.4, -0.2) is 26.4 Å². The van der Waals surface area contributed by atoms with E-state index in [9.17, 15) is 5.41 Å². The smallest absolute Gasteiger partial charge is 0.117 e. The first-order valence-electron chi connectivity index (χ1n) is 18.2. The van der Waals surface area contributed by atoms with E-state index in [0.29, 0.717) is 11.4 Å². The van der Waals surface area contributed by atoms with Crippen LogP contribution < -0.4 is 5.43 Å². The first kappa shape index (κ1) is 32.1. The molecule has 0 amide bonds. The minimum Gasteiger partial charge on any atom is -0.298 e. The molecule has 10 rings (SSSR count). The van der Waals surface area contributed by atoms with Crippen LogP contribution in [0.1, 0.15) is 16.7 Å². The summed E-state index contributed by atoms with van der Waals surface area (Å²) in [7, 11) is 0.